The van der Waals surface area contributed by atoms with Gasteiger partial charge in [0.1, 0.15) is 0 Å². The number of thioether (sulfide) groups is 1. The number of nitrogens with zero attached hydrogens (tertiary/aromatic N) is 2. The fraction of sp³-hybridized carbons (Fsp3) is 0.167. The van der Waals surface area contributed by atoms with E-state index in [2.05, 4.69) is 13.0 Å². The maximum atomic E-state index is 13.5. The van der Waals surface area contributed by atoms with Gasteiger partial charge in [0.05, 0.1) is 16.6 Å². The Hall–Kier alpha value is -2.56. The van der Waals surface area contributed by atoms with E-state index in [4.69, 9.17) is 16.6 Å². The minimum absolute atomic E-state index is 0.0353. The molecule has 0 spiro atoms. The predicted octanol–water partition coefficient (Wildman–Crippen LogP) is 6.51. The van der Waals surface area contributed by atoms with E-state index in [-0.39, 0.29) is 10.8 Å². The van der Waals surface area contributed by atoms with Crippen LogP contribution in [0.25, 0.3) is 16.6 Å². The number of aromatic nitrogens is 2. The lowest BCUT2D eigenvalue weighted by atomic mass is 10.1. The van der Waals surface area contributed by atoms with Crippen LogP contribution in [-0.2, 0) is 0 Å². The Labute approximate surface area is 179 Å². The van der Waals surface area contributed by atoms with E-state index < -0.39 is 0 Å². The first-order chi connectivity index (χ1) is 14.0. The summed E-state index contributed by atoms with van der Waals surface area (Å²) in [5, 5.41) is 2.03. The van der Waals surface area contributed by atoms with E-state index in [9.17, 15) is 4.79 Å². The van der Waals surface area contributed by atoms with E-state index in [0.717, 1.165) is 22.4 Å². The number of halogens is 1. The normalized spacial score (nSPS) is 12.3. The molecule has 3 aromatic carbocycles. The Bertz CT molecular complexity index is 1270. The Morgan fingerprint density at radius 3 is 2.52 bits per heavy atom. The van der Waals surface area contributed by atoms with Gasteiger partial charge in [0.25, 0.3) is 5.56 Å². The summed E-state index contributed by atoms with van der Waals surface area (Å²) in [5.74, 6) is 0. The lowest BCUT2D eigenvalue weighted by Gasteiger charge is -2.19. The second-order valence-electron chi connectivity index (χ2n) is 7.12. The molecule has 1 aromatic heterocycles. The van der Waals surface area contributed by atoms with Gasteiger partial charge in [0.15, 0.2) is 5.16 Å². The lowest BCUT2D eigenvalue weighted by molar-refractivity contribution is 0.809. The summed E-state index contributed by atoms with van der Waals surface area (Å²) in [5.41, 5.74) is 4.66. The molecule has 0 aliphatic carbocycles. The second-order valence-corrected chi connectivity index (χ2v) is 8.84. The maximum absolute atomic E-state index is 13.5. The van der Waals surface area contributed by atoms with Crippen molar-refractivity contribution in [2.45, 2.75) is 31.2 Å². The third kappa shape index (κ3) is 3.83. The number of hydrogen-bond donors (Lipinski definition) is 0. The molecule has 1 atom stereocenters. The first kappa shape index (κ1) is 19.7. The minimum atomic E-state index is -0.0573. The summed E-state index contributed by atoms with van der Waals surface area (Å²) >= 11 is 7.96. The summed E-state index contributed by atoms with van der Waals surface area (Å²) in [7, 11) is 0. The third-order valence-electron chi connectivity index (χ3n) is 4.98. The van der Waals surface area contributed by atoms with Crippen LogP contribution in [0.3, 0.4) is 0 Å². The summed E-state index contributed by atoms with van der Waals surface area (Å²) in [6.07, 6.45) is 0. The lowest BCUT2D eigenvalue weighted by Crippen LogP contribution is -2.22. The average Bonchev–Trinajstić information content (AvgIpc) is 2.71. The average molecular weight is 421 g/mol. The van der Waals surface area contributed by atoms with Crippen LogP contribution in [0.15, 0.2) is 76.7 Å². The van der Waals surface area contributed by atoms with Crippen molar-refractivity contribution in [2.24, 2.45) is 0 Å². The Balaban J connectivity index is 1.94. The van der Waals surface area contributed by atoms with Gasteiger partial charge in [-0.2, -0.15) is 0 Å². The van der Waals surface area contributed by atoms with Crippen molar-refractivity contribution >= 4 is 34.3 Å². The van der Waals surface area contributed by atoms with Crippen LogP contribution in [-0.4, -0.2) is 9.55 Å². The molecule has 5 heteroatoms. The van der Waals surface area contributed by atoms with Gasteiger partial charge in [-0.3, -0.25) is 9.36 Å². The Morgan fingerprint density at radius 1 is 1.00 bits per heavy atom. The van der Waals surface area contributed by atoms with Crippen LogP contribution in [0.4, 0.5) is 0 Å². The van der Waals surface area contributed by atoms with Crippen molar-refractivity contribution < 1.29 is 0 Å². The summed E-state index contributed by atoms with van der Waals surface area (Å²) < 4.78 is 1.74. The highest BCUT2D eigenvalue weighted by atomic mass is 35.5. The molecule has 0 saturated carbocycles. The van der Waals surface area contributed by atoms with Crippen molar-refractivity contribution in [3.8, 4) is 5.69 Å². The molecular weight excluding hydrogens is 400 g/mol. The molecule has 0 radical (unpaired) electrons. The van der Waals surface area contributed by atoms with E-state index in [1.54, 1.807) is 16.3 Å². The molecule has 4 rings (SSSR count). The van der Waals surface area contributed by atoms with Crippen LogP contribution in [0.1, 0.15) is 28.9 Å². The highest BCUT2D eigenvalue weighted by Crippen LogP contribution is 2.38. The van der Waals surface area contributed by atoms with Crippen molar-refractivity contribution in [3.05, 3.63) is 98.8 Å². The van der Waals surface area contributed by atoms with E-state index >= 15 is 0 Å². The molecule has 4 aromatic rings. The number of para-hydroxylation sites is 1. The fourth-order valence-electron chi connectivity index (χ4n) is 3.39. The highest BCUT2D eigenvalue weighted by molar-refractivity contribution is 7.99. The van der Waals surface area contributed by atoms with Gasteiger partial charge >= 0.3 is 0 Å². The second kappa shape index (κ2) is 8.05. The molecule has 1 heterocycles. The summed E-state index contributed by atoms with van der Waals surface area (Å²) in [4.78, 5) is 18.3. The van der Waals surface area contributed by atoms with Crippen LogP contribution < -0.4 is 5.56 Å². The fourth-order valence-corrected chi connectivity index (χ4v) is 4.84. The van der Waals surface area contributed by atoms with Crippen LogP contribution in [0.5, 0.6) is 0 Å². The Morgan fingerprint density at radius 2 is 1.72 bits per heavy atom. The first-order valence-corrected chi connectivity index (χ1v) is 10.7. The van der Waals surface area contributed by atoms with Gasteiger partial charge in [0, 0.05) is 10.3 Å². The molecule has 0 aliphatic heterocycles. The third-order valence-corrected chi connectivity index (χ3v) is 6.41. The molecule has 0 amide bonds. The molecule has 29 heavy (non-hydrogen) atoms. The van der Waals surface area contributed by atoms with Crippen molar-refractivity contribution in [1.29, 1.82) is 0 Å². The molecule has 0 fully saturated rings. The molecule has 0 N–H and O–H groups in total. The molecular formula is C24H21ClN2OS. The standard InChI is InChI=1S/C24H21ClN2OS/c1-15-12-13-16(2)22(14-15)27-23(28)19-9-5-7-11-21(19)26-24(27)29-17(3)18-8-4-6-10-20(18)25/h4-14,17H,1-3H3/t17-/m1/s1. The van der Waals surface area contributed by atoms with Gasteiger partial charge in [-0.25, -0.2) is 4.98 Å². The monoisotopic (exact) mass is 420 g/mol. The topological polar surface area (TPSA) is 34.9 Å². The summed E-state index contributed by atoms with van der Waals surface area (Å²) in [6, 6.07) is 21.4. The van der Waals surface area contributed by atoms with Gasteiger partial charge in [0.2, 0.25) is 0 Å². The van der Waals surface area contributed by atoms with Crippen molar-refractivity contribution in [3.63, 3.8) is 0 Å². The van der Waals surface area contributed by atoms with E-state index in [1.165, 1.54) is 0 Å². The number of hydrogen-bond acceptors (Lipinski definition) is 3. The van der Waals surface area contributed by atoms with Crippen molar-refractivity contribution in [2.75, 3.05) is 0 Å². The Kier molecular flexibility index (Phi) is 5.48. The molecule has 3 nitrogen and oxygen atoms in total. The van der Waals surface area contributed by atoms with Gasteiger partial charge in [-0.15, -0.1) is 0 Å². The molecule has 0 bridgehead atoms. The zero-order valence-corrected chi connectivity index (χ0v) is 18.1. The first-order valence-electron chi connectivity index (χ1n) is 9.46. The smallest absolute Gasteiger partial charge is 0.266 e. The van der Waals surface area contributed by atoms with Crippen LogP contribution >= 0.6 is 23.4 Å². The predicted molar refractivity (Wildman–Crippen MR) is 123 cm³/mol. The van der Waals surface area contributed by atoms with E-state index in [1.807, 2.05) is 74.5 Å². The molecule has 146 valence electrons. The number of benzene rings is 3. The maximum Gasteiger partial charge on any atom is 0.266 e. The number of rotatable bonds is 4. The molecule has 0 aliphatic rings. The number of aryl methyl sites for hydroxylation is 2. The minimum Gasteiger partial charge on any atom is -0.268 e. The van der Waals surface area contributed by atoms with Crippen molar-refractivity contribution in [1.82, 2.24) is 9.55 Å². The summed E-state index contributed by atoms with van der Waals surface area (Å²) in [6.45, 7) is 6.13. The van der Waals surface area contributed by atoms with Crippen LogP contribution in [0.2, 0.25) is 5.02 Å². The van der Waals surface area contributed by atoms with Gasteiger partial charge in [-0.1, -0.05) is 65.8 Å². The largest absolute Gasteiger partial charge is 0.268 e. The zero-order valence-electron chi connectivity index (χ0n) is 16.5. The highest BCUT2D eigenvalue weighted by Gasteiger charge is 2.19. The molecule has 0 unspecified atom stereocenters. The number of fused-ring (bicyclic) bond motifs is 1. The zero-order chi connectivity index (χ0) is 20.5. The quantitative estimate of drug-likeness (QED) is 0.279. The van der Waals surface area contributed by atoms with Gasteiger partial charge in [-0.05, 0) is 61.7 Å². The van der Waals surface area contributed by atoms with Gasteiger partial charge < -0.3 is 0 Å². The SMILES string of the molecule is Cc1ccc(C)c(-n2c(S[C@H](C)c3ccccc3Cl)nc3ccccc3c2=O)c1. The van der Waals surface area contributed by atoms with Crippen LogP contribution in [0, 0.1) is 13.8 Å². The van der Waals surface area contributed by atoms with E-state index in [0.29, 0.717) is 21.1 Å². The molecule has 0 saturated heterocycles.